The number of nitrogens with zero attached hydrogens (tertiary/aromatic N) is 1. The highest BCUT2D eigenvalue weighted by Gasteiger charge is 2.10. The second kappa shape index (κ2) is 7.16. The molecular weight excluding hydrogens is 346 g/mol. The molecule has 1 aromatic carbocycles. The first-order chi connectivity index (χ1) is 9.23. The van der Waals surface area contributed by atoms with E-state index in [-0.39, 0.29) is 11.7 Å². The molecule has 0 spiro atoms. The van der Waals surface area contributed by atoms with E-state index in [1.165, 1.54) is 6.26 Å². The van der Waals surface area contributed by atoms with Gasteiger partial charge in [0.25, 0.3) is 5.91 Å². The number of amides is 1. The molecule has 0 saturated heterocycles. The highest BCUT2D eigenvalue weighted by Crippen LogP contribution is 2.20. The molecule has 0 aliphatic rings. The second-order valence-corrected chi connectivity index (χ2v) is 7.76. The van der Waals surface area contributed by atoms with Gasteiger partial charge < -0.3 is 4.90 Å². The summed E-state index contributed by atoms with van der Waals surface area (Å²) in [5, 5.41) is 0. The molecule has 0 unspecified atom stereocenters. The molecule has 112 valence electrons. The van der Waals surface area contributed by atoms with Crippen LogP contribution < -0.4 is 11.3 Å². The van der Waals surface area contributed by atoms with Crippen molar-refractivity contribution in [3.05, 3.63) is 33.8 Å². The molecule has 6 nitrogen and oxygen atoms in total. The summed E-state index contributed by atoms with van der Waals surface area (Å²) in [5.41, 5.74) is 3.50. The Labute approximate surface area is 127 Å². The van der Waals surface area contributed by atoms with Crippen LogP contribution in [0.25, 0.3) is 0 Å². The zero-order chi connectivity index (χ0) is 15.3. The third-order valence-electron chi connectivity index (χ3n) is 2.73. The lowest BCUT2D eigenvalue weighted by atomic mass is 10.1. The fourth-order valence-electron chi connectivity index (χ4n) is 1.59. The summed E-state index contributed by atoms with van der Waals surface area (Å²) in [6.07, 6.45) is 1.22. The third-order valence-corrected chi connectivity index (χ3v) is 4.39. The van der Waals surface area contributed by atoms with E-state index in [2.05, 4.69) is 21.4 Å². The molecule has 0 heterocycles. The molecule has 0 fully saturated rings. The van der Waals surface area contributed by atoms with Crippen molar-refractivity contribution in [1.29, 1.82) is 0 Å². The van der Waals surface area contributed by atoms with E-state index in [1.54, 1.807) is 12.1 Å². The number of benzene rings is 1. The van der Waals surface area contributed by atoms with Crippen LogP contribution in [-0.2, 0) is 16.4 Å². The zero-order valence-electron chi connectivity index (χ0n) is 11.4. The number of hydrazine groups is 1. The number of nitrogens with two attached hydrogens (primary N) is 1. The van der Waals surface area contributed by atoms with Crippen molar-refractivity contribution >= 4 is 31.7 Å². The van der Waals surface area contributed by atoms with E-state index in [0.717, 1.165) is 10.0 Å². The summed E-state index contributed by atoms with van der Waals surface area (Å²) >= 11 is 3.40. The van der Waals surface area contributed by atoms with Crippen LogP contribution in [0, 0.1) is 0 Å². The third kappa shape index (κ3) is 5.58. The lowest BCUT2D eigenvalue weighted by Gasteiger charge is -2.17. The number of hydrogen-bond donors (Lipinski definition) is 2. The minimum Gasteiger partial charge on any atom is -0.301 e. The second-order valence-electron chi connectivity index (χ2n) is 4.65. The molecule has 0 saturated carbocycles. The molecule has 0 radical (unpaired) electrons. The van der Waals surface area contributed by atoms with Gasteiger partial charge in [0.15, 0.2) is 0 Å². The summed E-state index contributed by atoms with van der Waals surface area (Å²) < 4.78 is 23.0. The smallest absolute Gasteiger partial charge is 0.265 e. The summed E-state index contributed by atoms with van der Waals surface area (Å²) in [6.45, 7) is 1.04. The monoisotopic (exact) mass is 363 g/mol. The number of carbonyl (C=O) groups is 1. The van der Waals surface area contributed by atoms with Gasteiger partial charge in [-0.05, 0) is 24.7 Å². The van der Waals surface area contributed by atoms with Crippen LogP contribution in [0.1, 0.15) is 15.9 Å². The van der Waals surface area contributed by atoms with Crippen LogP contribution in [0.3, 0.4) is 0 Å². The minimum atomic E-state index is -2.96. The number of nitrogens with one attached hydrogen (secondary N) is 1. The first-order valence-corrected chi connectivity index (χ1v) is 8.74. The maximum Gasteiger partial charge on any atom is 0.265 e. The molecule has 0 aromatic heterocycles. The maximum atomic E-state index is 11.4. The van der Waals surface area contributed by atoms with Crippen LogP contribution in [0.2, 0.25) is 0 Å². The maximum absolute atomic E-state index is 11.4. The van der Waals surface area contributed by atoms with Gasteiger partial charge in [-0.1, -0.05) is 22.0 Å². The average molecular weight is 364 g/mol. The average Bonchev–Trinajstić information content (AvgIpc) is 2.37. The van der Waals surface area contributed by atoms with Crippen molar-refractivity contribution in [2.75, 3.05) is 25.6 Å². The van der Waals surface area contributed by atoms with Crippen molar-refractivity contribution in [1.82, 2.24) is 10.3 Å². The fourth-order valence-corrected chi connectivity index (χ4v) is 2.74. The van der Waals surface area contributed by atoms with E-state index >= 15 is 0 Å². The number of carbonyl (C=O) groups excluding carboxylic acids is 1. The van der Waals surface area contributed by atoms with Gasteiger partial charge in [-0.15, -0.1) is 0 Å². The quantitative estimate of drug-likeness (QED) is 0.436. The van der Waals surface area contributed by atoms with Gasteiger partial charge in [0, 0.05) is 29.4 Å². The highest BCUT2D eigenvalue weighted by atomic mass is 79.9. The number of hydrogen-bond acceptors (Lipinski definition) is 5. The topological polar surface area (TPSA) is 92.5 Å². The Morgan fingerprint density at radius 1 is 1.45 bits per heavy atom. The van der Waals surface area contributed by atoms with Crippen LogP contribution in [0.4, 0.5) is 0 Å². The molecule has 8 heteroatoms. The summed E-state index contributed by atoms with van der Waals surface area (Å²) in [6, 6.07) is 5.17. The zero-order valence-corrected chi connectivity index (χ0v) is 13.8. The number of rotatable bonds is 6. The van der Waals surface area contributed by atoms with Crippen LogP contribution in [-0.4, -0.2) is 44.8 Å². The Kier molecular flexibility index (Phi) is 6.12. The molecule has 1 rings (SSSR count). The van der Waals surface area contributed by atoms with Crippen molar-refractivity contribution in [2.45, 2.75) is 6.54 Å². The predicted octanol–water partition coefficient (Wildman–Crippen LogP) is 0.529. The fraction of sp³-hybridized carbons (Fsp3) is 0.417. The van der Waals surface area contributed by atoms with Gasteiger partial charge in [-0.25, -0.2) is 14.3 Å². The lowest BCUT2D eigenvalue weighted by Crippen LogP contribution is -2.30. The van der Waals surface area contributed by atoms with Gasteiger partial charge in [0.1, 0.15) is 9.84 Å². The van der Waals surface area contributed by atoms with Crippen molar-refractivity contribution < 1.29 is 13.2 Å². The van der Waals surface area contributed by atoms with Gasteiger partial charge in [-0.3, -0.25) is 10.2 Å². The van der Waals surface area contributed by atoms with Gasteiger partial charge in [-0.2, -0.15) is 0 Å². The van der Waals surface area contributed by atoms with E-state index < -0.39 is 9.84 Å². The molecule has 0 aliphatic carbocycles. The summed E-state index contributed by atoms with van der Waals surface area (Å²) in [4.78, 5) is 13.3. The lowest BCUT2D eigenvalue weighted by molar-refractivity contribution is 0.0953. The Hall–Kier alpha value is -0.960. The molecular formula is C12H18BrN3O3S. The largest absolute Gasteiger partial charge is 0.301 e. The first kappa shape index (κ1) is 17.1. The van der Waals surface area contributed by atoms with Crippen LogP contribution in [0.15, 0.2) is 22.7 Å². The molecule has 0 bridgehead atoms. The Bertz CT molecular complexity index is 590. The Morgan fingerprint density at radius 3 is 2.60 bits per heavy atom. The van der Waals surface area contributed by atoms with E-state index in [4.69, 9.17) is 5.84 Å². The van der Waals surface area contributed by atoms with E-state index in [0.29, 0.717) is 18.7 Å². The van der Waals surface area contributed by atoms with Crippen molar-refractivity contribution in [3.8, 4) is 0 Å². The van der Waals surface area contributed by atoms with Gasteiger partial charge in [0.2, 0.25) is 0 Å². The predicted molar refractivity (Wildman–Crippen MR) is 81.8 cm³/mol. The van der Waals surface area contributed by atoms with Crippen LogP contribution in [0.5, 0.6) is 0 Å². The molecule has 1 amide bonds. The number of halogens is 1. The molecule has 3 N–H and O–H groups in total. The Balaban J connectivity index is 2.71. The molecule has 1 aromatic rings. The highest BCUT2D eigenvalue weighted by molar-refractivity contribution is 9.10. The minimum absolute atomic E-state index is 0.120. The number of nitrogen functional groups attached to an aromatic ring is 1. The van der Waals surface area contributed by atoms with Crippen LogP contribution >= 0.6 is 15.9 Å². The van der Waals surface area contributed by atoms with E-state index in [1.807, 2.05) is 18.0 Å². The van der Waals surface area contributed by atoms with Crippen molar-refractivity contribution in [2.24, 2.45) is 5.84 Å². The van der Waals surface area contributed by atoms with Gasteiger partial charge in [0.05, 0.1) is 5.75 Å². The standard InChI is InChI=1S/C12H18BrN3O3S/c1-16(5-6-20(2,18)19)8-10-4-3-9(7-11(10)13)12(17)15-14/h3-4,7H,5-6,8,14H2,1-2H3,(H,15,17). The first-order valence-electron chi connectivity index (χ1n) is 5.88. The van der Waals surface area contributed by atoms with Crippen molar-refractivity contribution in [3.63, 3.8) is 0 Å². The molecule has 0 atom stereocenters. The normalized spacial score (nSPS) is 11.7. The summed E-state index contributed by atoms with van der Waals surface area (Å²) in [5.74, 6) is 4.83. The molecule has 20 heavy (non-hydrogen) atoms. The van der Waals surface area contributed by atoms with E-state index in [9.17, 15) is 13.2 Å². The van der Waals surface area contributed by atoms with Gasteiger partial charge >= 0.3 is 0 Å². The SMILES string of the molecule is CN(CCS(C)(=O)=O)Cc1ccc(C(=O)NN)cc1Br. The Morgan fingerprint density at radius 2 is 2.10 bits per heavy atom. The number of sulfone groups is 1. The summed E-state index contributed by atoms with van der Waals surface area (Å²) in [7, 11) is -1.12. The molecule has 0 aliphatic heterocycles.